The predicted octanol–water partition coefficient (Wildman–Crippen LogP) is 5.40. The number of furan rings is 1. The van der Waals surface area contributed by atoms with Crippen molar-refractivity contribution in [3.63, 3.8) is 0 Å². The molecule has 2 fully saturated rings. The van der Waals surface area contributed by atoms with Gasteiger partial charge in [-0.05, 0) is 87.4 Å². The quantitative estimate of drug-likeness (QED) is 0.262. The van der Waals surface area contributed by atoms with Gasteiger partial charge in [-0.15, -0.1) is 0 Å². The Balaban J connectivity index is 1.03. The average Bonchev–Trinajstić information content (AvgIpc) is 3.59. The third-order valence-electron chi connectivity index (χ3n) is 9.48. The van der Waals surface area contributed by atoms with Crippen LogP contribution >= 0.6 is 0 Å². The number of hydrogen-bond donors (Lipinski definition) is 3. The van der Waals surface area contributed by atoms with Crippen molar-refractivity contribution < 1.29 is 19.1 Å². The first-order chi connectivity index (χ1) is 20.2. The molecular weight excluding hydrogens is 528 g/mol. The van der Waals surface area contributed by atoms with Gasteiger partial charge < -0.3 is 29.5 Å². The molecule has 1 amide bonds. The molecule has 2 saturated heterocycles. The molecule has 4 aromatic rings. The maximum Gasteiger partial charge on any atom is 0.267 e. The summed E-state index contributed by atoms with van der Waals surface area (Å²) < 4.78 is 12.0. The van der Waals surface area contributed by atoms with E-state index < -0.39 is 0 Å². The zero-order valence-corrected chi connectivity index (χ0v) is 25.3. The Labute approximate surface area is 248 Å². The number of hydrogen-bond acceptors (Lipinski definition) is 6. The lowest BCUT2D eigenvalue weighted by molar-refractivity contribution is 0.0115. The summed E-state index contributed by atoms with van der Waals surface area (Å²) in [6.07, 6.45) is 4.35. The van der Waals surface area contributed by atoms with Gasteiger partial charge in [0.15, 0.2) is 0 Å². The van der Waals surface area contributed by atoms with E-state index in [1.54, 1.807) is 6.26 Å². The van der Waals surface area contributed by atoms with Gasteiger partial charge in [0.1, 0.15) is 23.6 Å². The molecular formula is C34H44N4O4. The molecule has 42 heavy (non-hydrogen) atoms. The lowest BCUT2D eigenvalue weighted by Gasteiger charge is -2.41. The number of aliphatic hydroxyl groups is 1. The molecule has 3 atom stereocenters. The van der Waals surface area contributed by atoms with Gasteiger partial charge in [-0.25, -0.2) is 0 Å². The minimum atomic E-state index is -0.166. The van der Waals surface area contributed by atoms with E-state index in [4.69, 9.17) is 9.15 Å². The second-order valence-corrected chi connectivity index (χ2v) is 12.6. The number of amides is 1. The highest BCUT2D eigenvalue weighted by Gasteiger charge is 2.29. The maximum atomic E-state index is 13.2. The van der Waals surface area contributed by atoms with Gasteiger partial charge >= 0.3 is 0 Å². The van der Waals surface area contributed by atoms with E-state index in [0.29, 0.717) is 24.3 Å². The zero-order chi connectivity index (χ0) is 29.4. The Morgan fingerprint density at radius 2 is 1.90 bits per heavy atom. The normalized spacial score (nSPS) is 21.6. The molecule has 0 spiro atoms. The Kier molecular flexibility index (Phi) is 8.30. The molecule has 0 radical (unpaired) electrons. The number of benzene rings is 2. The Morgan fingerprint density at radius 3 is 2.69 bits per heavy atom. The van der Waals surface area contributed by atoms with Crippen LogP contribution in [0.5, 0.6) is 5.75 Å². The molecule has 4 heterocycles. The topological polar surface area (TPSA) is 94.0 Å². The molecule has 8 heteroatoms. The van der Waals surface area contributed by atoms with Crippen molar-refractivity contribution >= 4 is 27.8 Å². The zero-order valence-electron chi connectivity index (χ0n) is 25.3. The van der Waals surface area contributed by atoms with Crippen molar-refractivity contribution in [3.05, 3.63) is 65.0 Å². The molecule has 0 saturated carbocycles. The molecule has 0 unspecified atom stereocenters. The number of piperidine rings is 2. The van der Waals surface area contributed by atoms with Crippen molar-refractivity contribution in [2.24, 2.45) is 5.92 Å². The summed E-state index contributed by atoms with van der Waals surface area (Å²) in [6.45, 7) is 13.9. The van der Waals surface area contributed by atoms with Crippen LogP contribution in [-0.4, -0.2) is 76.7 Å². The maximum absolute atomic E-state index is 13.2. The number of aromatic nitrogens is 1. The number of likely N-dealkylation sites (tertiary alicyclic amines) is 2. The van der Waals surface area contributed by atoms with E-state index in [1.807, 2.05) is 24.3 Å². The second kappa shape index (κ2) is 12.1. The summed E-state index contributed by atoms with van der Waals surface area (Å²) in [4.78, 5) is 21.6. The number of rotatable bonds is 8. The van der Waals surface area contributed by atoms with Crippen molar-refractivity contribution in [3.8, 4) is 5.75 Å². The summed E-state index contributed by atoms with van der Waals surface area (Å²) in [5, 5.41) is 15.3. The monoisotopic (exact) mass is 572 g/mol. The van der Waals surface area contributed by atoms with E-state index >= 15 is 0 Å². The van der Waals surface area contributed by atoms with E-state index in [1.165, 1.54) is 11.1 Å². The predicted molar refractivity (Wildman–Crippen MR) is 166 cm³/mol. The third-order valence-corrected chi connectivity index (χ3v) is 9.48. The van der Waals surface area contributed by atoms with Crippen molar-refractivity contribution in [1.82, 2.24) is 20.1 Å². The minimum Gasteiger partial charge on any atom is -0.488 e. The lowest BCUT2D eigenvalue weighted by Crippen LogP contribution is -2.52. The second-order valence-electron chi connectivity index (χ2n) is 12.6. The van der Waals surface area contributed by atoms with Gasteiger partial charge in [0.25, 0.3) is 5.91 Å². The highest BCUT2D eigenvalue weighted by atomic mass is 16.5. The minimum absolute atomic E-state index is 0.0727. The summed E-state index contributed by atoms with van der Waals surface area (Å²) in [5.41, 5.74) is 5.74. The van der Waals surface area contributed by atoms with Gasteiger partial charge in [0.05, 0.1) is 12.4 Å². The van der Waals surface area contributed by atoms with Gasteiger partial charge in [-0.1, -0.05) is 13.0 Å². The van der Waals surface area contributed by atoms with E-state index in [2.05, 4.69) is 59.9 Å². The smallest absolute Gasteiger partial charge is 0.267 e. The Bertz CT molecular complexity index is 1550. The average molecular weight is 573 g/mol. The van der Waals surface area contributed by atoms with Crippen LogP contribution in [0.25, 0.3) is 21.9 Å². The Morgan fingerprint density at radius 1 is 1.12 bits per heavy atom. The standard InChI is InChI=1S/C34H44N4O4/c1-21-14-27-25(20-42-33(27)15-22(21)2)19-41-32-7-5-6-29-28(32)16-30(36-29)34(40)35-26-8-11-37(12-9-26)18-24(4)38-13-10-31(39)23(3)17-38/h5-7,14-16,20,23-24,26,31,36,39H,8-13,17-19H2,1-4H3,(H,35,40)/t23-,24-,31-/m0/s1. The molecule has 2 aromatic carbocycles. The fourth-order valence-corrected chi connectivity index (χ4v) is 6.56. The first-order valence-electron chi connectivity index (χ1n) is 15.4. The molecule has 0 bridgehead atoms. The molecule has 2 aromatic heterocycles. The summed E-state index contributed by atoms with van der Waals surface area (Å²) in [7, 11) is 0. The number of nitrogens with zero attached hydrogens (tertiary/aromatic N) is 2. The number of fused-ring (bicyclic) bond motifs is 2. The molecule has 6 rings (SSSR count). The van der Waals surface area contributed by atoms with Gasteiger partial charge in [-0.2, -0.15) is 0 Å². The molecule has 2 aliphatic heterocycles. The van der Waals surface area contributed by atoms with Gasteiger partial charge in [0, 0.05) is 66.7 Å². The number of carbonyl (C=O) groups excluding carboxylic acids is 1. The van der Waals surface area contributed by atoms with Crippen LogP contribution in [0, 0.1) is 19.8 Å². The van der Waals surface area contributed by atoms with Gasteiger partial charge in [0.2, 0.25) is 0 Å². The number of H-pyrrole nitrogens is 1. The fourth-order valence-electron chi connectivity index (χ4n) is 6.56. The van der Waals surface area contributed by atoms with Crippen molar-refractivity contribution in [2.45, 2.75) is 71.8 Å². The molecule has 224 valence electrons. The van der Waals surface area contributed by atoms with Crippen LogP contribution in [-0.2, 0) is 6.61 Å². The number of ether oxygens (including phenoxy) is 1. The third kappa shape index (κ3) is 6.07. The van der Waals surface area contributed by atoms with Crippen LogP contribution < -0.4 is 10.1 Å². The number of carbonyl (C=O) groups is 1. The molecule has 8 nitrogen and oxygen atoms in total. The van der Waals surface area contributed by atoms with Crippen LogP contribution in [0.1, 0.15) is 60.3 Å². The highest BCUT2D eigenvalue weighted by Crippen LogP contribution is 2.30. The summed E-state index contributed by atoms with van der Waals surface area (Å²) in [5.74, 6) is 0.998. The first-order valence-corrected chi connectivity index (χ1v) is 15.4. The van der Waals surface area contributed by atoms with Crippen molar-refractivity contribution in [1.29, 1.82) is 0 Å². The number of nitrogens with one attached hydrogen (secondary N) is 2. The fraction of sp³-hybridized carbons (Fsp3) is 0.500. The van der Waals surface area contributed by atoms with Crippen LogP contribution in [0.4, 0.5) is 0 Å². The van der Waals surface area contributed by atoms with Crippen LogP contribution in [0.2, 0.25) is 0 Å². The number of aryl methyl sites for hydroxylation is 2. The number of aliphatic hydroxyl groups excluding tert-OH is 1. The van der Waals surface area contributed by atoms with Crippen LogP contribution in [0.15, 0.2) is 47.1 Å². The molecule has 3 N–H and O–H groups in total. The Hall–Kier alpha value is -3.33. The summed E-state index contributed by atoms with van der Waals surface area (Å²) >= 11 is 0. The molecule has 2 aliphatic rings. The lowest BCUT2D eigenvalue weighted by atomic mass is 9.95. The summed E-state index contributed by atoms with van der Waals surface area (Å²) in [6, 6.07) is 12.6. The SMILES string of the molecule is Cc1cc2occ(COc3cccc4[nH]c(C(=O)NC5CCN(C[C@H](C)N6CC[C@H](O)[C@@H](C)C6)CC5)cc34)c2cc1C. The van der Waals surface area contributed by atoms with E-state index in [-0.39, 0.29) is 18.1 Å². The van der Waals surface area contributed by atoms with E-state index in [9.17, 15) is 9.90 Å². The van der Waals surface area contributed by atoms with Gasteiger partial charge in [-0.3, -0.25) is 9.69 Å². The van der Waals surface area contributed by atoms with Crippen molar-refractivity contribution in [2.75, 3.05) is 32.7 Å². The first kappa shape index (κ1) is 28.8. The number of aromatic amines is 1. The highest BCUT2D eigenvalue weighted by molar-refractivity contribution is 5.99. The molecule has 0 aliphatic carbocycles. The largest absolute Gasteiger partial charge is 0.488 e. The van der Waals surface area contributed by atoms with E-state index in [0.717, 1.165) is 85.2 Å². The van der Waals surface area contributed by atoms with Crippen LogP contribution in [0.3, 0.4) is 0 Å².